The molecule has 0 aromatic heterocycles. The zero-order chi connectivity index (χ0) is 21.2. The average Bonchev–Trinajstić information content (AvgIpc) is 2.70. The summed E-state index contributed by atoms with van der Waals surface area (Å²) in [6, 6.07) is 8.08. The molecule has 1 aliphatic rings. The van der Waals surface area contributed by atoms with E-state index in [1.165, 1.54) is 35.7 Å². The second-order valence-corrected chi connectivity index (χ2v) is 8.78. The highest BCUT2D eigenvalue weighted by Gasteiger charge is 2.34. The summed E-state index contributed by atoms with van der Waals surface area (Å²) in [6.45, 7) is 1.18. The fraction of sp³-hybridized carbons (Fsp3) is 0.333. The number of nitro benzene ring substituents is 1. The summed E-state index contributed by atoms with van der Waals surface area (Å²) < 4.78 is 46.1. The molecule has 1 saturated heterocycles. The predicted octanol–water partition coefficient (Wildman–Crippen LogP) is 2.90. The minimum Gasteiger partial charge on any atom is -0.497 e. The van der Waals surface area contributed by atoms with Crippen LogP contribution in [0.15, 0.2) is 41.3 Å². The molecule has 0 bridgehead atoms. The highest BCUT2D eigenvalue weighted by atomic mass is 35.5. The molecule has 1 aliphatic heterocycles. The molecular formula is C18H19ClFN3O5S. The SMILES string of the molecule is COc1ccc(S(=O)(=O)N2CCN(Cc3c(F)cccc3Cl)CC2)c([N+](=O)[O-])c1. The lowest BCUT2D eigenvalue weighted by atomic mass is 10.2. The molecule has 29 heavy (non-hydrogen) atoms. The van der Waals surface area contributed by atoms with Crippen molar-refractivity contribution in [2.45, 2.75) is 11.4 Å². The Balaban J connectivity index is 1.76. The van der Waals surface area contributed by atoms with E-state index < -0.39 is 26.5 Å². The van der Waals surface area contributed by atoms with Gasteiger partial charge in [-0.1, -0.05) is 17.7 Å². The van der Waals surface area contributed by atoms with Gasteiger partial charge in [0.1, 0.15) is 11.6 Å². The molecule has 2 aromatic rings. The monoisotopic (exact) mass is 443 g/mol. The topological polar surface area (TPSA) is 93.0 Å². The smallest absolute Gasteiger partial charge is 0.293 e. The van der Waals surface area contributed by atoms with Gasteiger partial charge >= 0.3 is 0 Å². The van der Waals surface area contributed by atoms with E-state index in [0.717, 1.165) is 6.07 Å². The summed E-state index contributed by atoms with van der Waals surface area (Å²) in [5, 5.41) is 11.7. The van der Waals surface area contributed by atoms with Crippen LogP contribution in [0.3, 0.4) is 0 Å². The largest absolute Gasteiger partial charge is 0.497 e. The Morgan fingerprint density at radius 3 is 2.48 bits per heavy atom. The first-order valence-corrected chi connectivity index (χ1v) is 10.5. The molecular weight excluding hydrogens is 425 g/mol. The van der Waals surface area contributed by atoms with Crippen LogP contribution in [0.25, 0.3) is 0 Å². The van der Waals surface area contributed by atoms with Crippen LogP contribution >= 0.6 is 11.6 Å². The Bertz CT molecular complexity index is 1010. The third-order valence-corrected chi connectivity index (χ3v) is 7.06. The van der Waals surface area contributed by atoms with Gasteiger partial charge in [-0.3, -0.25) is 15.0 Å². The summed E-state index contributed by atoms with van der Waals surface area (Å²) >= 11 is 6.05. The van der Waals surface area contributed by atoms with Crippen molar-refractivity contribution in [3.8, 4) is 5.75 Å². The number of benzene rings is 2. The first-order chi connectivity index (χ1) is 13.7. The molecule has 11 heteroatoms. The minimum absolute atomic E-state index is 0.123. The van der Waals surface area contributed by atoms with Crippen molar-refractivity contribution < 1.29 is 22.5 Å². The predicted molar refractivity (Wildman–Crippen MR) is 105 cm³/mol. The Morgan fingerprint density at radius 2 is 1.90 bits per heavy atom. The number of sulfonamides is 1. The van der Waals surface area contributed by atoms with Gasteiger partial charge in [-0.15, -0.1) is 0 Å². The standard InChI is InChI=1S/C18H19ClFN3O5S/c1-28-13-5-6-18(17(11-13)23(24)25)29(26,27)22-9-7-21(8-10-22)12-14-15(19)3-2-4-16(14)20/h2-6,11H,7-10,12H2,1H3. The summed E-state index contributed by atoms with van der Waals surface area (Å²) in [5.41, 5.74) is -0.179. The summed E-state index contributed by atoms with van der Waals surface area (Å²) in [4.78, 5) is 12.1. The molecule has 0 atom stereocenters. The molecule has 2 aromatic carbocycles. The second kappa shape index (κ2) is 8.62. The zero-order valence-corrected chi connectivity index (χ0v) is 17.1. The Hall–Kier alpha value is -2.27. The molecule has 156 valence electrons. The van der Waals surface area contributed by atoms with E-state index in [0.29, 0.717) is 23.7 Å². The Labute approximate surface area is 172 Å². The maximum absolute atomic E-state index is 14.0. The van der Waals surface area contributed by atoms with Gasteiger partial charge in [0.05, 0.1) is 18.1 Å². The molecule has 0 N–H and O–H groups in total. The maximum atomic E-state index is 14.0. The van der Waals surface area contributed by atoms with Crippen molar-refractivity contribution >= 4 is 27.3 Å². The van der Waals surface area contributed by atoms with Crippen molar-refractivity contribution in [3.63, 3.8) is 0 Å². The van der Waals surface area contributed by atoms with Gasteiger partial charge < -0.3 is 4.74 Å². The fourth-order valence-corrected chi connectivity index (χ4v) is 4.94. The van der Waals surface area contributed by atoms with Crippen molar-refractivity contribution in [2.75, 3.05) is 33.3 Å². The van der Waals surface area contributed by atoms with Crippen molar-refractivity contribution in [1.82, 2.24) is 9.21 Å². The van der Waals surface area contributed by atoms with Crippen molar-refractivity contribution in [2.24, 2.45) is 0 Å². The Morgan fingerprint density at radius 1 is 1.21 bits per heavy atom. The summed E-state index contributed by atoms with van der Waals surface area (Å²) in [7, 11) is -2.72. The number of ether oxygens (including phenoxy) is 1. The van der Waals surface area contributed by atoms with Crippen LogP contribution in [0, 0.1) is 15.9 Å². The van der Waals surface area contributed by atoms with E-state index in [-0.39, 0.29) is 30.3 Å². The molecule has 1 fully saturated rings. The highest BCUT2D eigenvalue weighted by molar-refractivity contribution is 7.89. The minimum atomic E-state index is -4.07. The molecule has 0 amide bonds. The van der Waals surface area contributed by atoms with Crippen molar-refractivity contribution in [1.29, 1.82) is 0 Å². The van der Waals surface area contributed by atoms with E-state index in [4.69, 9.17) is 16.3 Å². The molecule has 3 rings (SSSR count). The third kappa shape index (κ3) is 4.50. The number of nitrogens with zero attached hydrogens (tertiary/aromatic N) is 3. The van der Waals surface area contributed by atoms with E-state index >= 15 is 0 Å². The number of piperazine rings is 1. The molecule has 0 spiro atoms. The molecule has 1 heterocycles. The van der Waals surface area contributed by atoms with Crippen LogP contribution in [0.2, 0.25) is 5.02 Å². The van der Waals surface area contributed by atoms with Gasteiger partial charge in [0, 0.05) is 43.3 Å². The zero-order valence-electron chi connectivity index (χ0n) is 15.5. The van der Waals surface area contributed by atoms with Crippen molar-refractivity contribution in [3.05, 3.63) is 62.9 Å². The summed E-state index contributed by atoms with van der Waals surface area (Å²) in [5.74, 6) is -0.219. The molecule has 8 nitrogen and oxygen atoms in total. The van der Waals surface area contributed by atoms with Gasteiger partial charge in [-0.25, -0.2) is 12.8 Å². The quantitative estimate of drug-likeness (QED) is 0.503. The first kappa shape index (κ1) is 21.4. The lowest BCUT2D eigenvalue weighted by Crippen LogP contribution is -2.48. The summed E-state index contributed by atoms with van der Waals surface area (Å²) in [6.07, 6.45) is 0. The van der Waals surface area contributed by atoms with Crippen LogP contribution < -0.4 is 4.74 Å². The van der Waals surface area contributed by atoms with Gasteiger partial charge in [-0.2, -0.15) is 4.31 Å². The van der Waals surface area contributed by atoms with E-state index in [2.05, 4.69) is 0 Å². The number of methoxy groups -OCH3 is 1. The van der Waals surface area contributed by atoms with Crippen LogP contribution in [-0.4, -0.2) is 55.8 Å². The van der Waals surface area contributed by atoms with E-state index in [1.807, 2.05) is 4.90 Å². The van der Waals surface area contributed by atoms with Crippen LogP contribution in [0.4, 0.5) is 10.1 Å². The molecule has 0 aliphatic carbocycles. The van der Waals surface area contributed by atoms with Gasteiger partial charge in [0.2, 0.25) is 10.0 Å². The van der Waals surface area contributed by atoms with Gasteiger partial charge in [-0.05, 0) is 24.3 Å². The van der Waals surface area contributed by atoms with Crippen LogP contribution in [0.1, 0.15) is 5.56 Å². The molecule has 0 unspecified atom stereocenters. The third-order valence-electron chi connectivity index (χ3n) is 4.76. The van der Waals surface area contributed by atoms with Gasteiger partial charge in [0.25, 0.3) is 5.69 Å². The van der Waals surface area contributed by atoms with Crippen LogP contribution in [0.5, 0.6) is 5.75 Å². The van der Waals surface area contributed by atoms with E-state index in [1.54, 1.807) is 6.07 Å². The second-order valence-electron chi connectivity index (χ2n) is 6.47. The number of nitro groups is 1. The normalized spacial score (nSPS) is 16.0. The fourth-order valence-electron chi connectivity index (χ4n) is 3.16. The highest BCUT2D eigenvalue weighted by Crippen LogP contribution is 2.31. The first-order valence-electron chi connectivity index (χ1n) is 8.72. The van der Waals surface area contributed by atoms with E-state index in [9.17, 15) is 22.9 Å². The molecule has 0 saturated carbocycles. The lowest BCUT2D eigenvalue weighted by Gasteiger charge is -2.34. The molecule has 0 radical (unpaired) electrons. The lowest BCUT2D eigenvalue weighted by molar-refractivity contribution is -0.387. The number of rotatable bonds is 6. The Kier molecular flexibility index (Phi) is 6.37. The van der Waals surface area contributed by atoms with Gasteiger partial charge in [0.15, 0.2) is 4.90 Å². The maximum Gasteiger partial charge on any atom is 0.293 e. The number of hydrogen-bond acceptors (Lipinski definition) is 6. The number of halogens is 2. The van der Waals surface area contributed by atoms with Crippen LogP contribution in [-0.2, 0) is 16.6 Å². The average molecular weight is 444 g/mol. The number of hydrogen-bond donors (Lipinski definition) is 0.